The molecule has 0 atom stereocenters. The largest absolute Gasteiger partial charge is 0.497 e. The van der Waals surface area contributed by atoms with Crippen LogP contribution in [0.3, 0.4) is 0 Å². The monoisotopic (exact) mass is 273 g/mol. The van der Waals surface area contributed by atoms with Gasteiger partial charge in [-0.1, -0.05) is 0 Å². The molecule has 0 aromatic heterocycles. The summed E-state index contributed by atoms with van der Waals surface area (Å²) in [6, 6.07) is 3.23. The number of rotatable bonds is 2. The van der Waals surface area contributed by atoms with Crippen molar-refractivity contribution in [2.24, 2.45) is 0 Å². The van der Waals surface area contributed by atoms with Crippen molar-refractivity contribution in [3.63, 3.8) is 0 Å². The predicted molar refractivity (Wildman–Crippen MR) is 62.1 cm³/mol. The Kier molecular flexibility index (Phi) is 3.14. The number of hydrogen-bond acceptors (Lipinski definition) is 2. The van der Waals surface area contributed by atoms with E-state index in [1.807, 2.05) is 0 Å². The lowest BCUT2D eigenvalue weighted by Crippen LogP contribution is -2.19. The van der Waals surface area contributed by atoms with Crippen LogP contribution < -0.4 is 9.64 Å². The summed E-state index contributed by atoms with van der Waals surface area (Å²) in [6.45, 7) is 1.86. The minimum absolute atomic E-state index is 0.219. The molecule has 0 aliphatic carbocycles. The molecule has 0 bridgehead atoms. The maximum atomic E-state index is 13.8. The van der Waals surface area contributed by atoms with Gasteiger partial charge < -0.3 is 9.64 Å². The fourth-order valence-corrected chi connectivity index (χ4v) is 2.57. The van der Waals surface area contributed by atoms with E-state index < -0.39 is 0 Å². The van der Waals surface area contributed by atoms with Gasteiger partial charge in [0, 0.05) is 23.6 Å². The van der Waals surface area contributed by atoms with Crippen LogP contribution >= 0.6 is 15.9 Å². The Labute approximate surface area is 97.2 Å². The van der Waals surface area contributed by atoms with Gasteiger partial charge in [-0.2, -0.15) is 0 Å². The molecule has 1 aliphatic heterocycles. The number of hydrogen-bond donors (Lipinski definition) is 0. The van der Waals surface area contributed by atoms with Gasteiger partial charge >= 0.3 is 0 Å². The molecule has 2 nitrogen and oxygen atoms in total. The molecule has 1 aliphatic rings. The number of methoxy groups -OCH3 is 1. The van der Waals surface area contributed by atoms with Crippen molar-refractivity contribution in [1.82, 2.24) is 0 Å². The lowest BCUT2D eigenvalue weighted by Gasteiger charge is -2.20. The number of anilines is 1. The number of halogens is 2. The number of ether oxygens (including phenoxy) is 1. The van der Waals surface area contributed by atoms with Crippen molar-refractivity contribution in [1.29, 1.82) is 0 Å². The lowest BCUT2D eigenvalue weighted by molar-refractivity contribution is 0.411. The minimum atomic E-state index is -0.219. The molecule has 15 heavy (non-hydrogen) atoms. The quantitative estimate of drug-likeness (QED) is 0.821. The molecule has 1 aromatic carbocycles. The van der Waals surface area contributed by atoms with E-state index in [0.717, 1.165) is 30.4 Å². The first kappa shape index (κ1) is 10.7. The Hall–Kier alpha value is -0.770. The summed E-state index contributed by atoms with van der Waals surface area (Å²) in [4.78, 5) is 2.07. The molecular formula is C11H13BrFNO. The highest BCUT2D eigenvalue weighted by Gasteiger charge is 2.19. The third kappa shape index (κ3) is 2.09. The summed E-state index contributed by atoms with van der Waals surface area (Å²) in [5.41, 5.74) is 0.660. The molecule has 0 radical (unpaired) electrons. The van der Waals surface area contributed by atoms with Gasteiger partial charge in [0.15, 0.2) is 5.82 Å². The van der Waals surface area contributed by atoms with Crippen LogP contribution in [-0.4, -0.2) is 20.2 Å². The zero-order valence-electron chi connectivity index (χ0n) is 8.59. The first-order valence-corrected chi connectivity index (χ1v) is 5.79. The highest BCUT2D eigenvalue weighted by molar-refractivity contribution is 9.10. The van der Waals surface area contributed by atoms with Crippen molar-refractivity contribution < 1.29 is 9.13 Å². The third-order valence-corrected chi connectivity index (χ3v) is 3.25. The molecule has 2 rings (SSSR count). The lowest BCUT2D eigenvalue weighted by atomic mass is 10.2. The summed E-state index contributed by atoms with van der Waals surface area (Å²) in [6.07, 6.45) is 2.27. The van der Waals surface area contributed by atoms with Crippen LogP contribution in [0.25, 0.3) is 0 Å². The maximum Gasteiger partial charge on any atom is 0.151 e. The fourth-order valence-electron chi connectivity index (χ4n) is 1.90. The average molecular weight is 274 g/mol. The Morgan fingerprint density at radius 1 is 1.33 bits per heavy atom. The first-order valence-electron chi connectivity index (χ1n) is 5.00. The smallest absolute Gasteiger partial charge is 0.151 e. The van der Waals surface area contributed by atoms with Crippen molar-refractivity contribution in [2.45, 2.75) is 12.8 Å². The second-order valence-electron chi connectivity index (χ2n) is 3.63. The fraction of sp³-hybridized carbons (Fsp3) is 0.455. The van der Waals surface area contributed by atoms with Gasteiger partial charge in [0.05, 0.1) is 12.8 Å². The second kappa shape index (κ2) is 4.39. The Morgan fingerprint density at radius 3 is 2.53 bits per heavy atom. The number of benzene rings is 1. The Bertz CT molecular complexity index is 341. The molecule has 1 heterocycles. The van der Waals surface area contributed by atoms with Crippen LogP contribution in [0.5, 0.6) is 5.75 Å². The molecule has 0 unspecified atom stereocenters. The van der Waals surface area contributed by atoms with E-state index in [-0.39, 0.29) is 5.82 Å². The van der Waals surface area contributed by atoms with Gasteiger partial charge in [0.25, 0.3) is 0 Å². The summed E-state index contributed by atoms with van der Waals surface area (Å²) in [5.74, 6) is 0.324. The predicted octanol–water partition coefficient (Wildman–Crippen LogP) is 3.20. The summed E-state index contributed by atoms with van der Waals surface area (Å²) >= 11 is 3.39. The zero-order valence-corrected chi connectivity index (χ0v) is 10.2. The van der Waals surface area contributed by atoms with Crippen LogP contribution in [0.2, 0.25) is 0 Å². The normalized spacial score (nSPS) is 15.8. The van der Waals surface area contributed by atoms with E-state index in [1.165, 1.54) is 13.2 Å². The first-order chi connectivity index (χ1) is 7.22. The second-order valence-corrected chi connectivity index (χ2v) is 4.49. The van der Waals surface area contributed by atoms with Gasteiger partial charge in [0.1, 0.15) is 5.75 Å². The molecule has 0 spiro atoms. The zero-order chi connectivity index (χ0) is 10.8. The van der Waals surface area contributed by atoms with E-state index >= 15 is 0 Å². The molecule has 0 saturated carbocycles. The molecule has 82 valence electrons. The van der Waals surface area contributed by atoms with E-state index in [2.05, 4.69) is 20.8 Å². The molecule has 1 aromatic rings. The van der Waals surface area contributed by atoms with Crippen LogP contribution in [0.4, 0.5) is 10.1 Å². The molecule has 1 fully saturated rings. The van der Waals surface area contributed by atoms with E-state index in [9.17, 15) is 4.39 Å². The molecular weight excluding hydrogens is 261 g/mol. The SMILES string of the molecule is COc1cc(F)c(N2CCCC2)c(Br)c1. The van der Waals surface area contributed by atoms with Crippen LogP contribution in [0.1, 0.15) is 12.8 Å². The maximum absolute atomic E-state index is 13.8. The van der Waals surface area contributed by atoms with Gasteiger partial charge in [-0.05, 0) is 34.8 Å². The summed E-state index contributed by atoms with van der Waals surface area (Å²) in [7, 11) is 1.54. The standard InChI is InChI=1S/C11H13BrFNO/c1-15-8-6-9(12)11(10(13)7-8)14-4-2-3-5-14/h6-7H,2-5H2,1H3. The van der Waals surface area contributed by atoms with Crippen molar-refractivity contribution in [3.05, 3.63) is 22.4 Å². The Balaban J connectivity index is 2.37. The van der Waals surface area contributed by atoms with E-state index in [0.29, 0.717) is 11.4 Å². The van der Waals surface area contributed by atoms with E-state index in [1.54, 1.807) is 6.07 Å². The van der Waals surface area contributed by atoms with Gasteiger partial charge in [-0.3, -0.25) is 0 Å². The summed E-state index contributed by atoms with van der Waals surface area (Å²) in [5, 5.41) is 0. The highest BCUT2D eigenvalue weighted by atomic mass is 79.9. The summed E-state index contributed by atoms with van der Waals surface area (Å²) < 4.78 is 19.6. The highest BCUT2D eigenvalue weighted by Crippen LogP contribution is 2.35. The topological polar surface area (TPSA) is 12.5 Å². The third-order valence-electron chi connectivity index (χ3n) is 2.65. The van der Waals surface area contributed by atoms with Crippen molar-refractivity contribution in [2.75, 3.05) is 25.1 Å². The molecule has 4 heteroatoms. The van der Waals surface area contributed by atoms with Gasteiger partial charge in [-0.15, -0.1) is 0 Å². The minimum Gasteiger partial charge on any atom is -0.497 e. The van der Waals surface area contributed by atoms with Crippen LogP contribution in [0.15, 0.2) is 16.6 Å². The average Bonchev–Trinajstić information content (AvgIpc) is 2.69. The van der Waals surface area contributed by atoms with E-state index in [4.69, 9.17) is 4.74 Å². The molecule has 0 N–H and O–H groups in total. The Morgan fingerprint density at radius 2 is 2.00 bits per heavy atom. The molecule has 1 saturated heterocycles. The van der Waals surface area contributed by atoms with Crippen LogP contribution in [0, 0.1) is 5.82 Å². The van der Waals surface area contributed by atoms with Crippen molar-refractivity contribution in [3.8, 4) is 5.75 Å². The van der Waals surface area contributed by atoms with Gasteiger partial charge in [0.2, 0.25) is 0 Å². The van der Waals surface area contributed by atoms with Gasteiger partial charge in [-0.25, -0.2) is 4.39 Å². The van der Waals surface area contributed by atoms with Crippen LogP contribution in [-0.2, 0) is 0 Å². The van der Waals surface area contributed by atoms with Crippen molar-refractivity contribution >= 4 is 21.6 Å². The number of nitrogens with zero attached hydrogens (tertiary/aromatic N) is 1. The molecule has 0 amide bonds.